The first-order valence-electron chi connectivity index (χ1n) is 3.07. The van der Waals surface area contributed by atoms with Gasteiger partial charge in [0.05, 0.1) is 0 Å². The molecule has 0 saturated carbocycles. The molecule has 0 radical (unpaired) electrons. The van der Waals surface area contributed by atoms with Crippen LogP contribution in [-0.4, -0.2) is 32.4 Å². The van der Waals surface area contributed by atoms with Crippen molar-refractivity contribution in [3.8, 4) is 0 Å². The molecule has 0 aliphatic carbocycles. The summed E-state index contributed by atoms with van der Waals surface area (Å²) in [6.45, 7) is 4.54. The molecular formula is C6H14STe. The van der Waals surface area contributed by atoms with E-state index in [0.717, 1.165) is 0 Å². The first-order chi connectivity index (χ1) is 3.91. The quantitative estimate of drug-likeness (QED) is 0.529. The van der Waals surface area contributed by atoms with Gasteiger partial charge in [-0.05, 0) is 0 Å². The third-order valence-electron chi connectivity index (χ3n) is 0.780. The molecule has 0 amide bonds. The van der Waals surface area contributed by atoms with E-state index >= 15 is 0 Å². The second-order valence-electron chi connectivity index (χ2n) is 1.39. The van der Waals surface area contributed by atoms with Crippen LogP contribution in [0.4, 0.5) is 0 Å². The Balaban J connectivity index is 2.53. The molecule has 2 heteroatoms. The van der Waals surface area contributed by atoms with Gasteiger partial charge in [0.25, 0.3) is 0 Å². The Kier molecular flexibility index (Phi) is 9.30. The molecule has 0 bridgehead atoms. The van der Waals surface area contributed by atoms with E-state index in [9.17, 15) is 0 Å². The van der Waals surface area contributed by atoms with Crippen molar-refractivity contribution in [3.63, 3.8) is 0 Å². The Bertz CT molecular complexity index is 33.5. The van der Waals surface area contributed by atoms with Gasteiger partial charge in [-0.3, -0.25) is 0 Å². The summed E-state index contributed by atoms with van der Waals surface area (Å²) in [4.78, 5) is 0. The number of hydrogen-bond acceptors (Lipinski definition) is 1. The maximum absolute atomic E-state index is 2.30. The average Bonchev–Trinajstić information content (AvgIpc) is 1.81. The summed E-state index contributed by atoms with van der Waals surface area (Å²) in [5.74, 6) is 2.73. The van der Waals surface area contributed by atoms with Gasteiger partial charge in [-0.15, -0.1) is 0 Å². The van der Waals surface area contributed by atoms with Crippen LogP contribution in [0.1, 0.15) is 13.8 Å². The topological polar surface area (TPSA) is 0 Å². The first-order valence-corrected chi connectivity index (χ1v) is 7.52. The summed E-state index contributed by atoms with van der Waals surface area (Å²) in [6, 6.07) is 0. The fraction of sp³-hybridized carbons (Fsp3) is 1.00. The van der Waals surface area contributed by atoms with Crippen molar-refractivity contribution in [1.29, 1.82) is 0 Å². The van der Waals surface area contributed by atoms with E-state index in [1.807, 2.05) is 0 Å². The van der Waals surface area contributed by atoms with Crippen molar-refractivity contribution < 1.29 is 0 Å². The second kappa shape index (κ2) is 8.14. The molecule has 0 nitrogen and oxygen atoms in total. The summed E-state index contributed by atoms with van der Waals surface area (Å²) in [6.07, 6.45) is 0. The molecule has 0 spiro atoms. The van der Waals surface area contributed by atoms with Crippen molar-refractivity contribution in [2.45, 2.75) is 22.8 Å². The number of hydrogen-bond donors (Lipinski definition) is 0. The zero-order chi connectivity index (χ0) is 6.24. The predicted molar refractivity (Wildman–Crippen MR) is 44.0 cm³/mol. The summed E-state index contributed by atoms with van der Waals surface area (Å²) in [5, 5.41) is 0. The molecule has 0 aliphatic rings. The number of rotatable bonds is 5. The predicted octanol–water partition coefficient (Wildman–Crippen LogP) is 2.30. The van der Waals surface area contributed by atoms with Gasteiger partial charge in [-0.1, -0.05) is 0 Å². The van der Waals surface area contributed by atoms with Crippen molar-refractivity contribution in [2.75, 3.05) is 11.5 Å². The van der Waals surface area contributed by atoms with Crippen LogP contribution >= 0.6 is 11.8 Å². The van der Waals surface area contributed by atoms with Gasteiger partial charge in [-0.2, -0.15) is 0 Å². The van der Waals surface area contributed by atoms with Crippen LogP contribution in [-0.2, 0) is 0 Å². The van der Waals surface area contributed by atoms with E-state index in [-0.39, 0.29) is 0 Å². The molecule has 0 aromatic carbocycles. The monoisotopic (exact) mass is 248 g/mol. The molecule has 0 aromatic rings. The molecule has 0 N–H and O–H groups in total. The SMILES string of the molecule is CCSCC[Te]CC. The Morgan fingerprint density at radius 3 is 2.62 bits per heavy atom. The molecule has 0 rings (SSSR count). The Hall–Kier alpha value is 1.14. The fourth-order valence-electron chi connectivity index (χ4n) is 0.407. The van der Waals surface area contributed by atoms with E-state index in [2.05, 4.69) is 25.6 Å². The second-order valence-corrected chi connectivity index (χ2v) is 6.77. The number of thioether (sulfide) groups is 1. The summed E-state index contributed by atoms with van der Waals surface area (Å²) in [7, 11) is 0. The van der Waals surface area contributed by atoms with Crippen LogP contribution in [0.2, 0.25) is 8.94 Å². The third-order valence-corrected chi connectivity index (χ3v) is 5.06. The molecular weight excluding hydrogens is 232 g/mol. The molecule has 0 heterocycles. The Labute approximate surface area is 66.9 Å². The standard InChI is InChI=1S/C6H14STe/c1-3-7-5-6-8-4-2/h3-6H2,1-2H3. The Morgan fingerprint density at radius 2 is 2.12 bits per heavy atom. The van der Waals surface area contributed by atoms with Crippen LogP contribution in [0.25, 0.3) is 0 Å². The maximum atomic E-state index is 2.30. The van der Waals surface area contributed by atoms with Gasteiger partial charge in [0.1, 0.15) is 0 Å². The van der Waals surface area contributed by atoms with Crippen molar-refractivity contribution in [3.05, 3.63) is 0 Å². The minimum atomic E-state index is 0.446. The molecule has 0 aromatic heterocycles. The van der Waals surface area contributed by atoms with Crippen LogP contribution in [0, 0.1) is 0 Å². The van der Waals surface area contributed by atoms with Gasteiger partial charge in [-0.25, -0.2) is 0 Å². The van der Waals surface area contributed by atoms with E-state index in [4.69, 9.17) is 0 Å². The molecule has 8 heavy (non-hydrogen) atoms. The van der Waals surface area contributed by atoms with Gasteiger partial charge in [0.15, 0.2) is 0 Å². The molecule has 0 atom stereocenters. The summed E-state index contributed by atoms with van der Waals surface area (Å²) < 4.78 is 3.02. The van der Waals surface area contributed by atoms with E-state index in [1.54, 1.807) is 4.47 Å². The normalized spacial score (nSPS) is 9.75. The summed E-state index contributed by atoms with van der Waals surface area (Å²) >= 11 is 2.53. The minimum absolute atomic E-state index is 0.446. The van der Waals surface area contributed by atoms with Crippen molar-refractivity contribution in [1.82, 2.24) is 0 Å². The fourth-order valence-corrected chi connectivity index (χ4v) is 3.77. The summed E-state index contributed by atoms with van der Waals surface area (Å²) in [5.41, 5.74) is 0. The molecule has 0 fully saturated rings. The first kappa shape index (κ1) is 9.14. The molecule has 0 aliphatic heterocycles. The van der Waals surface area contributed by atoms with Crippen LogP contribution in [0.5, 0.6) is 0 Å². The van der Waals surface area contributed by atoms with E-state index in [1.165, 1.54) is 16.0 Å². The van der Waals surface area contributed by atoms with Gasteiger partial charge in [0, 0.05) is 0 Å². The van der Waals surface area contributed by atoms with E-state index < -0.39 is 0 Å². The van der Waals surface area contributed by atoms with Gasteiger partial charge in [0.2, 0.25) is 0 Å². The van der Waals surface area contributed by atoms with E-state index in [0.29, 0.717) is 20.9 Å². The van der Waals surface area contributed by atoms with Gasteiger partial charge >= 0.3 is 67.0 Å². The van der Waals surface area contributed by atoms with Crippen LogP contribution in [0.3, 0.4) is 0 Å². The van der Waals surface area contributed by atoms with Crippen LogP contribution in [0.15, 0.2) is 0 Å². The zero-order valence-corrected chi connectivity index (χ0v) is 8.79. The average molecular weight is 246 g/mol. The Morgan fingerprint density at radius 1 is 1.38 bits per heavy atom. The van der Waals surface area contributed by atoms with Crippen LogP contribution < -0.4 is 0 Å². The third kappa shape index (κ3) is 7.14. The zero-order valence-electron chi connectivity index (χ0n) is 5.64. The van der Waals surface area contributed by atoms with Crippen molar-refractivity contribution in [2.24, 2.45) is 0 Å². The van der Waals surface area contributed by atoms with Crippen molar-refractivity contribution >= 4 is 32.7 Å². The van der Waals surface area contributed by atoms with Gasteiger partial charge < -0.3 is 0 Å². The molecule has 0 unspecified atom stereocenters. The molecule has 0 saturated heterocycles. The molecule has 50 valence electrons.